The predicted octanol–water partition coefficient (Wildman–Crippen LogP) is 2.53. The normalized spacial score (nSPS) is 11.3. The molecule has 0 aliphatic heterocycles. The van der Waals surface area contributed by atoms with Crippen molar-refractivity contribution in [2.45, 2.75) is 46.2 Å². The second-order valence-corrected chi connectivity index (χ2v) is 5.84. The van der Waals surface area contributed by atoms with Crippen LogP contribution >= 0.6 is 0 Å². The number of rotatable bonds is 6. The summed E-state index contributed by atoms with van der Waals surface area (Å²) in [4.78, 5) is 20.8. The van der Waals surface area contributed by atoms with Gasteiger partial charge < -0.3 is 5.32 Å². The maximum absolute atomic E-state index is 12.5. The van der Waals surface area contributed by atoms with Gasteiger partial charge in [-0.2, -0.15) is 5.10 Å². The van der Waals surface area contributed by atoms with Crippen molar-refractivity contribution in [3.63, 3.8) is 0 Å². The van der Waals surface area contributed by atoms with Crippen molar-refractivity contribution in [3.05, 3.63) is 47.8 Å². The fraction of sp³-hybridized carbons (Fsp3) is 0.412. The molecule has 0 fully saturated rings. The molecular weight excluding hydrogens is 304 g/mol. The van der Waals surface area contributed by atoms with Gasteiger partial charge in [-0.3, -0.25) is 13.9 Å². The topological polar surface area (TPSA) is 77.1 Å². The Hall–Kier alpha value is -2.70. The number of amides is 1. The van der Waals surface area contributed by atoms with Gasteiger partial charge in [0.15, 0.2) is 0 Å². The first-order valence-corrected chi connectivity index (χ1v) is 8.23. The Labute approximate surface area is 140 Å². The van der Waals surface area contributed by atoms with E-state index in [2.05, 4.69) is 34.2 Å². The minimum Gasteiger partial charge on any atom is -0.348 e. The summed E-state index contributed by atoms with van der Waals surface area (Å²) in [5, 5.41) is 7.33. The molecule has 0 radical (unpaired) electrons. The van der Waals surface area contributed by atoms with Gasteiger partial charge in [-0.05, 0) is 19.8 Å². The van der Waals surface area contributed by atoms with E-state index >= 15 is 0 Å². The van der Waals surface area contributed by atoms with Crippen LogP contribution in [0.15, 0.2) is 31.0 Å². The van der Waals surface area contributed by atoms with Gasteiger partial charge in [0.25, 0.3) is 5.91 Å². The van der Waals surface area contributed by atoms with Gasteiger partial charge in [-0.1, -0.05) is 13.8 Å². The third-order valence-corrected chi connectivity index (χ3v) is 4.33. The van der Waals surface area contributed by atoms with Gasteiger partial charge in [0.1, 0.15) is 0 Å². The van der Waals surface area contributed by atoms with E-state index in [1.54, 1.807) is 18.6 Å². The molecule has 126 valence electrons. The largest absolute Gasteiger partial charge is 0.348 e. The molecule has 7 heteroatoms. The van der Waals surface area contributed by atoms with E-state index in [9.17, 15) is 4.79 Å². The molecule has 0 spiro atoms. The molecule has 0 unspecified atom stereocenters. The quantitative estimate of drug-likeness (QED) is 0.755. The molecule has 3 aromatic heterocycles. The maximum atomic E-state index is 12.5. The van der Waals surface area contributed by atoms with Crippen LogP contribution in [0.1, 0.15) is 54.3 Å². The van der Waals surface area contributed by atoms with Crippen molar-refractivity contribution < 1.29 is 4.79 Å². The number of fused-ring (bicyclic) bond motifs is 1. The summed E-state index contributed by atoms with van der Waals surface area (Å²) >= 11 is 0. The number of hydrogen-bond donors (Lipinski definition) is 1. The molecule has 0 saturated carbocycles. The summed E-state index contributed by atoms with van der Waals surface area (Å²) in [6.07, 6.45) is 10.8. The average Bonchev–Trinajstić information content (AvgIpc) is 3.20. The van der Waals surface area contributed by atoms with E-state index in [-0.39, 0.29) is 5.91 Å². The summed E-state index contributed by atoms with van der Waals surface area (Å²) in [5.74, 6) is 0.530. The maximum Gasteiger partial charge on any atom is 0.255 e. The fourth-order valence-electron chi connectivity index (χ4n) is 2.88. The minimum absolute atomic E-state index is 0.115. The summed E-state index contributed by atoms with van der Waals surface area (Å²) in [5.41, 5.74) is 2.45. The number of nitrogens with one attached hydrogen (secondary N) is 1. The van der Waals surface area contributed by atoms with Gasteiger partial charge in [-0.25, -0.2) is 9.97 Å². The van der Waals surface area contributed by atoms with E-state index in [1.807, 2.05) is 28.4 Å². The Kier molecular flexibility index (Phi) is 4.59. The highest BCUT2D eigenvalue weighted by Crippen LogP contribution is 2.19. The smallest absolute Gasteiger partial charge is 0.255 e. The Morgan fingerprint density at radius 3 is 2.79 bits per heavy atom. The molecule has 3 rings (SSSR count). The van der Waals surface area contributed by atoms with Crippen LogP contribution in [0.3, 0.4) is 0 Å². The highest BCUT2D eigenvalue weighted by molar-refractivity contribution is 5.95. The lowest BCUT2D eigenvalue weighted by molar-refractivity contribution is 0.0950. The molecule has 3 heterocycles. The number of imidazole rings is 1. The molecule has 3 aromatic rings. The molecule has 7 nitrogen and oxygen atoms in total. The summed E-state index contributed by atoms with van der Waals surface area (Å²) in [7, 11) is 0. The molecule has 0 aliphatic rings. The van der Waals surface area contributed by atoms with Crippen LogP contribution in [0.5, 0.6) is 0 Å². The predicted molar refractivity (Wildman–Crippen MR) is 90.7 cm³/mol. The first kappa shape index (κ1) is 16.2. The molecule has 0 atom stereocenters. The lowest BCUT2D eigenvalue weighted by Crippen LogP contribution is -2.24. The summed E-state index contributed by atoms with van der Waals surface area (Å²) in [6, 6.07) is 0.333. The van der Waals surface area contributed by atoms with Gasteiger partial charge in [0.2, 0.25) is 5.78 Å². The first-order valence-electron chi connectivity index (χ1n) is 8.23. The highest BCUT2D eigenvalue weighted by atomic mass is 16.1. The zero-order valence-electron chi connectivity index (χ0n) is 14.2. The van der Waals surface area contributed by atoms with Crippen molar-refractivity contribution in [1.29, 1.82) is 0 Å². The lowest BCUT2D eigenvalue weighted by Gasteiger charge is -2.15. The summed E-state index contributed by atoms with van der Waals surface area (Å²) < 4.78 is 3.78. The number of hydrogen-bond acceptors (Lipinski definition) is 4. The number of carbonyl (C=O) groups excluding carboxylic acids is 1. The van der Waals surface area contributed by atoms with Gasteiger partial charge in [0, 0.05) is 42.6 Å². The monoisotopic (exact) mass is 326 g/mol. The van der Waals surface area contributed by atoms with Crippen LogP contribution in [0.25, 0.3) is 5.78 Å². The second-order valence-electron chi connectivity index (χ2n) is 5.84. The molecule has 0 aliphatic carbocycles. The fourth-order valence-corrected chi connectivity index (χ4v) is 2.88. The molecule has 1 N–H and O–H groups in total. The Bertz CT molecular complexity index is 846. The van der Waals surface area contributed by atoms with Crippen molar-refractivity contribution in [2.75, 3.05) is 0 Å². The van der Waals surface area contributed by atoms with Crippen LogP contribution in [-0.4, -0.2) is 30.1 Å². The average molecular weight is 326 g/mol. The highest BCUT2D eigenvalue weighted by Gasteiger charge is 2.17. The van der Waals surface area contributed by atoms with E-state index in [4.69, 9.17) is 0 Å². The van der Waals surface area contributed by atoms with Gasteiger partial charge in [-0.15, -0.1) is 0 Å². The summed E-state index contributed by atoms with van der Waals surface area (Å²) in [6.45, 7) is 6.62. The van der Waals surface area contributed by atoms with Gasteiger partial charge in [0.05, 0.1) is 17.8 Å². The Morgan fingerprint density at radius 2 is 2.04 bits per heavy atom. The van der Waals surface area contributed by atoms with E-state index in [1.165, 1.54) is 0 Å². The first-order chi connectivity index (χ1) is 11.6. The van der Waals surface area contributed by atoms with Crippen LogP contribution in [-0.2, 0) is 6.54 Å². The number of nitrogens with zero attached hydrogens (tertiary/aromatic N) is 5. The van der Waals surface area contributed by atoms with E-state index < -0.39 is 0 Å². The van der Waals surface area contributed by atoms with Crippen LogP contribution in [0.4, 0.5) is 0 Å². The van der Waals surface area contributed by atoms with Crippen LogP contribution in [0.2, 0.25) is 0 Å². The van der Waals surface area contributed by atoms with E-state index in [0.717, 1.165) is 24.1 Å². The molecule has 24 heavy (non-hydrogen) atoms. The minimum atomic E-state index is -0.115. The van der Waals surface area contributed by atoms with Gasteiger partial charge >= 0.3 is 0 Å². The number of carbonyl (C=O) groups is 1. The van der Waals surface area contributed by atoms with Crippen molar-refractivity contribution >= 4 is 11.7 Å². The Morgan fingerprint density at radius 1 is 1.25 bits per heavy atom. The molecular formula is C17H22N6O. The molecule has 1 amide bonds. The second kappa shape index (κ2) is 6.82. The van der Waals surface area contributed by atoms with Crippen LogP contribution in [0, 0.1) is 6.92 Å². The molecule has 0 aromatic carbocycles. The van der Waals surface area contributed by atoms with Crippen LogP contribution < -0.4 is 5.32 Å². The zero-order chi connectivity index (χ0) is 17.1. The standard InChI is InChI=1S/C17H22N6O/c1-4-14(5-2)23-12(3)15(10-21-23)16(24)19-8-13-9-20-17-18-6-7-22(17)11-13/h6-7,9-11,14H,4-5,8H2,1-3H3,(H,19,24). The zero-order valence-corrected chi connectivity index (χ0v) is 14.2. The van der Waals surface area contributed by atoms with E-state index in [0.29, 0.717) is 23.9 Å². The van der Waals surface area contributed by atoms with Crippen molar-refractivity contribution in [3.8, 4) is 0 Å². The number of aromatic nitrogens is 5. The lowest BCUT2D eigenvalue weighted by atomic mass is 10.1. The SMILES string of the molecule is CCC(CC)n1ncc(C(=O)NCc2cnc3nccn3c2)c1C. The van der Waals surface area contributed by atoms with Crippen molar-refractivity contribution in [2.24, 2.45) is 0 Å². The van der Waals surface area contributed by atoms with Crippen molar-refractivity contribution in [1.82, 2.24) is 29.5 Å². The Balaban J connectivity index is 1.70. The third-order valence-electron chi connectivity index (χ3n) is 4.33. The molecule has 0 saturated heterocycles. The molecule has 0 bridgehead atoms. The third kappa shape index (κ3) is 3.02.